The summed E-state index contributed by atoms with van der Waals surface area (Å²) in [6, 6.07) is 22.9. The van der Waals surface area contributed by atoms with Crippen LogP contribution in [0, 0.1) is 5.92 Å². The number of likely N-dealkylation sites (tertiary alicyclic amines) is 1. The predicted molar refractivity (Wildman–Crippen MR) is 126 cm³/mol. The summed E-state index contributed by atoms with van der Waals surface area (Å²) in [5, 5.41) is 3.60. The number of hydrogen-bond acceptors (Lipinski definition) is 2. The lowest BCUT2D eigenvalue weighted by Crippen LogP contribution is -2.41. The summed E-state index contributed by atoms with van der Waals surface area (Å²) in [5.41, 5.74) is 3.37. The van der Waals surface area contributed by atoms with Crippen molar-refractivity contribution in [3.63, 3.8) is 0 Å². The minimum atomic E-state index is -0.167. The van der Waals surface area contributed by atoms with Crippen molar-refractivity contribution in [2.24, 2.45) is 5.92 Å². The maximum Gasteiger partial charge on any atom is 0.253 e. The van der Waals surface area contributed by atoms with Crippen molar-refractivity contribution in [2.45, 2.75) is 12.8 Å². The first-order chi connectivity index (χ1) is 15.0. The van der Waals surface area contributed by atoms with E-state index in [0.29, 0.717) is 47.2 Å². The Bertz CT molecular complexity index is 1080. The molecule has 4 nitrogen and oxygen atoms in total. The summed E-state index contributed by atoms with van der Waals surface area (Å²) < 4.78 is 0. The fraction of sp³-hybridized carbons (Fsp3) is 0.200. The molecule has 2 amide bonds. The first kappa shape index (κ1) is 21.4. The van der Waals surface area contributed by atoms with Gasteiger partial charge in [0.15, 0.2) is 0 Å². The van der Waals surface area contributed by atoms with Crippen LogP contribution in [0.3, 0.4) is 0 Å². The van der Waals surface area contributed by atoms with Crippen molar-refractivity contribution in [3.8, 4) is 11.1 Å². The van der Waals surface area contributed by atoms with Crippen LogP contribution in [0.15, 0.2) is 72.8 Å². The standard InChI is InChI=1S/C25H22Cl2N2O2/c26-21-7-4-8-22(23(21)27)28-24(30)19-13-15-29(16-14-19)25(31)20-11-9-18(10-12-20)17-5-2-1-3-6-17/h1-12,19H,13-16H2,(H,28,30). The Hall–Kier alpha value is -2.82. The highest BCUT2D eigenvalue weighted by atomic mass is 35.5. The molecule has 0 aliphatic carbocycles. The second kappa shape index (κ2) is 9.54. The number of rotatable bonds is 4. The molecule has 0 atom stereocenters. The molecule has 1 heterocycles. The maximum absolute atomic E-state index is 12.9. The molecular weight excluding hydrogens is 431 g/mol. The molecule has 1 fully saturated rings. The highest BCUT2D eigenvalue weighted by molar-refractivity contribution is 6.44. The summed E-state index contributed by atoms with van der Waals surface area (Å²) in [6.07, 6.45) is 1.22. The molecule has 1 aliphatic heterocycles. The Labute approximate surface area is 191 Å². The van der Waals surface area contributed by atoms with Gasteiger partial charge in [-0.3, -0.25) is 9.59 Å². The van der Waals surface area contributed by atoms with E-state index in [0.717, 1.165) is 11.1 Å². The van der Waals surface area contributed by atoms with E-state index < -0.39 is 0 Å². The average molecular weight is 453 g/mol. The summed E-state index contributed by atoms with van der Waals surface area (Å²) in [5.74, 6) is -0.264. The minimum absolute atomic E-state index is 0.00337. The zero-order valence-electron chi connectivity index (χ0n) is 16.9. The number of halogens is 2. The van der Waals surface area contributed by atoms with E-state index in [1.807, 2.05) is 59.5 Å². The molecule has 0 bridgehead atoms. The van der Waals surface area contributed by atoms with Gasteiger partial charge >= 0.3 is 0 Å². The Morgan fingerprint density at radius 1 is 0.806 bits per heavy atom. The van der Waals surface area contributed by atoms with Crippen molar-refractivity contribution in [1.29, 1.82) is 0 Å². The van der Waals surface area contributed by atoms with Crippen LogP contribution in [0.4, 0.5) is 5.69 Å². The topological polar surface area (TPSA) is 49.4 Å². The Morgan fingerprint density at radius 2 is 1.45 bits per heavy atom. The summed E-state index contributed by atoms with van der Waals surface area (Å²) in [4.78, 5) is 27.3. The highest BCUT2D eigenvalue weighted by Crippen LogP contribution is 2.30. The molecule has 1 N–H and O–H groups in total. The van der Waals surface area contributed by atoms with Gasteiger partial charge in [-0.15, -0.1) is 0 Å². The fourth-order valence-electron chi connectivity index (χ4n) is 3.80. The molecule has 0 saturated carbocycles. The van der Waals surface area contributed by atoms with Gasteiger partial charge in [-0.2, -0.15) is 0 Å². The minimum Gasteiger partial charge on any atom is -0.339 e. The monoisotopic (exact) mass is 452 g/mol. The highest BCUT2D eigenvalue weighted by Gasteiger charge is 2.28. The van der Waals surface area contributed by atoms with E-state index in [1.54, 1.807) is 18.2 Å². The van der Waals surface area contributed by atoms with Crippen LogP contribution in [0.25, 0.3) is 11.1 Å². The van der Waals surface area contributed by atoms with Gasteiger partial charge in [0.2, 0.25) is 5.91 Å². The molecule has 4 rings (SSSR count). The second-order valence-corrected chi connectivity index (χ2v) is 8.39. The van der Waals surface area contributed by atoms with Crippen molar-refractivity contribution in [3.05, 3.63) is 88.4 Å². The lowest BCUT2D eigenvalue weighted by Gasteiger charge is -2.31. The van der Waals surface area contributed by atoms with Crippen molar-refractivity contribution in [1.82, 2.24) is 4.90 Å². The van der Waals surface area contributed by atoms with E-state index in [9.17, 15) is 9.59 Å². The Morgan fingerprint density at radius 3 is 2.13 bits per heavy atom. The van der Waals surface area contributed by atoms with Gasteiger partial charge in [-0.25, -0.2) is 0 Å². The molecule has 6 heteroatoms. The predicted octanol–water partition coefficient (Wildman–Crippen LogP) is 6.15. The number of carbonyl (C=O) groups is 2. The number of anilines is 1. The van der Waals surface area contributed by atoms with Gasteiger partial charge < -0.3 is 10.2 Å². The number of nitrogens with one attached hydrogen (secondary N) is 1. The Kier molecular flexibility index (Phi) is 6.59. The average Bonchev–Trinajstić information content (AvgIpc) is 2.82. The smallest absolute Gasteiger partial charge is 0.253 e. The van der Waals surface area contributed by atoms with Gasteiger partial charge in [-0.05, 0) is 48.2 Å². The van der Waals surface area contributed by atoms with Crippen LogP contribution >= 0.6 is 23.2 Å². The molecule has 158 valence electrons. The van der Waals surface area contributed by atoms with Crippen molar-refractivity contribution < 1.29 is 9.59 Å². The molecule has 3 aromatic rings. The largest absolute Gasteiger partial charge is 0.339 e. The van der Waals surface area contributed by atoms with Crippen LogP contribution < -0.4 is 5.32 Å². The lowest BCUT2D eigenvalue weighted by molar-refractivity contribution is -0.121. The number of benzene rings is 3. The molecule has 0 spiro atoms. The van der Waals surface area contributed by atoms with E-state index in [2.05, 4.69) is 5.32 Å². The molecular formula is C25H22Cl2N2O2. The molecule has 1 saturated heterocycles. The summed E-state index contributed by atoms with van der Waals surface area (Å²) in [6.45, 7) is 1.08. The van der Waals surface area contributed by atoms with E-state index in [4.69, 9.17) is 23.2 Å². The Balaban J connectivity index is 1.34. The molecule has 31 heavy (non-hydrogen) atoms. The third-order valence-corrected chi connectivity index (χ3v) is 6.42. The zero-order valence-corrected chi connectivity index (χ0v) is 18.4. The SMILES string of the molecule is O=C(Nc1cccc(Cl)c1Cl)C1CCN(C(=O)c2ccc(-c3ccccc3)cc2)CC1. The number of piperidine rings is 1. The fourth-order valence-corrected chi connectivity index (χ4v) is 4.15. The summed E-state index contributed by atoms with van der Waals surface area (Å²) in [7, 11) is 0. The second-order valence-electron chi connectivity index (χ2n) is 7.60. The quantitative estimate of drug-likeness (QED) is 0.515. The van der Waals surface area contributed by atoms with Crippen LogP contribution in [0.5, 0.6) is 0 Å². The zero-order chi connectivity index (χ0) is 21.8. The summed E-state index contributed by atoms with van der Waals surface area (Å²) >= 11 is 12.2. The van der Waals surface area contributed by atoms with E-state index in [1.165, 1.54) is 0 Å². The first-order valence-electron chi connectivity index (χ1n) is 10.2. The van der Waals surface area contributed by atoms with E-state index >= 15 is 0 Å². The maximum atomic E-state index is 12.9. The number of amides is 2. The lowest BCUT2D eigenvalue weighted by atomic mass is 9.95. The van der Waals surface area contributed by atoms with Crippen LogP contribution in [0.1, 0.15) is 23.2 Å². The van der Waals surface area contributed by atoms with Crippen molar-refractivity contribution >= 4 is 40.7 Å². The molecule has 1 aliphatic rings. The molecule has 0 unspecified atom stereocenters. The third kappa shape index (κ3) is 4.92. The molecule has 0 aromatic heterocycles. The normalized spacial score (nSPS) is 14.3. The van der Waals surface area contributed by atoms with Gasteiger partial charge in [0, 0.05) is 24.6 Å². The van der Waals surface area contributed by atoms with Crippen LogP contribution in [-0.2, 0) is 4.79 Å². The first-order valence-corrected chi connectivity index (χ1v) is 11.0. The van der Waals surface area contributed by atoms with Gasteiger partial charge in [0.25, 0.3) is 5.91 Å². The van der Waals surface area contributed by atoms with Crippen LogP contribution in [0.2, 0.25) is 10.0 Å². The number of carbonyl (C=O) groups excluding carboxylic acids is 2. The van der Waals surface area contributed by atoms with Crippen molar-refractivity contribution in [2.75, 3.05) is 18.4 Å². The van der Waals surface area contributed by atoms with Gasteiger partial charge in [-0.1, -0.05) is 71.7 Å². The third-order valence-electron chi connectivity index (χ3n) is 5.60. The van der Waals surface area contributed by atoms with Gasteiger partial charge in [0.05, 0.1) is 15.7 Å². The number of hydrogen-bond donors (Lipinski definition) is 1. The van der Waals surface area contributed by atoms with E-state index in [-0.39, 0.29) is 17.7 Å². The van der Waals surface area contributed by atoms with Crippen LogP contribution in [-0.4, -0.2) is 29.8 Å². The molecule has 0 radical (unpaired) electrons. The van der Waals surface area contributed by atoms with Gasteiger partial charge in [0.1, 0.15) is 0 Å². The molecule has 3 aromatic carbocycles. The number of nitrogens with zero attached hydrogens (tertiary/aromatic N) is 1.